The first-order valence-corrected chi connectivity index (χ1v) is 9.58. The van der Waals surface area contributed by atoms with Crippen LogP contribution in [0.1, 0.15) is 36.2 Å². The lowest BCUT2D eigenvalue weighted by atomic mass is 10.2. The van der Waals surface area contributed by atoms with Gasteiger partial charge in [0, 0.05) is 40.6 Å². The maximum Gasteiger partial charge on any atom is 0.363 e. The van der Waals surface area contributed by atoms with Crippen LogP contribution < -0.4 is 11.1 Å². The number of hydroxylamine groups is 2. The first-order chi connectivity index (χ1) is 16.0. The largest absolute Gasteiger partial charge is 0.363 e. The molecule has 1 saturated heterocycles. The van der Waals surface area contributed by atoms with Crippen molar-refractivity contribution in [3.8, 4) is 0 Å². The van der Waals surface area contributed by atoms with Gasteiger partial charge in [0.1, 0.15) is 0 Å². The minimum Gasteiger partial charge on any atom is -0.333 e. The highest BCUT2D eigenvalue weighted by molar-refractivity contribution is 6.02. The normalized spacial score (nSPS) is 11.3. The monoisotopic (exact) mass is 469 g/mol. The van der Waals surface area contributed by atoms with Crippen LogP contribution in [-0.2, 0) is 21.0 Å². The van der Waals surface area contributed by atoms with Crippen molar-refractivity contribution in [3.05, 3.63) is 80.5 Å². The fraction of sp³-hybridized carbons (Fsp3) is 0.286. The maximum absolute atomic E-state index is 11.7. The van der Waals surface area contributed by atoms with Gasteiger partial charge in [0.05, 0.1) is 5.56 Å². The molecular weight excluding hydrogens is 442 g/mol. The molecule has 2 aromatic rings. The van der Waals surface area contributed by atoms with Crippen molar-refractivity contribution in [1.29, 1.82) is 0 Å². The summed E-state index contributed by atoms with van der Waals surface area (Å²) in [5.41, 5.74) is 23.2. The Bertz CT molecular complexity index is 1030. The Kier molecular flexibility index (Phi) is 14.1. The molecule has 1 aliphatic rings. The van der Waals surface area contributed by atoms with E-state index in [-0.39, 0.29) is 25.8 Å². The van der Waals surface area contributed by atoms with Crippen molar-refractivity contribution in [3.63, 3.8) is 0 Å². The summed E-state index contributed by atoms with van der Waals surface area (Å²) in [6.07, 6.45) is 0.0872. The molecule has 0 bridgehead atoms. The fourth-order valence-corrected chi connectivity index (χ4v) is 2.45. The molecule has 0 unspecified atom stereocenters. The van der Waals surface area contributed by atoms with Crippen LogP contribution in [0.2, 0.25) is 0 Å². The Labute approximate surface area is 196 Å². The molecule has 3 rings (SSSR count). The summed E-state index contributed by atoms with van der Waals surface area (Å²) in [6.45, 7) is 0.830. The van der Waals surface area contributed by atoms with E-state index in [0.29, 0.717) is 16.4 Å². The second kappa shape index (κ2) is 16.3. The number of amides is 2. The predicted molar refractivity (Wildman–Crippen MR) is 127 cm³/mol. The molecule has 0 aliphatic carbocycles. The van der Waals surface area contributed by atoms with Crippen molar-refractivity contribution < 1.29 is 19.2 Å². The molecule has 13 heteroatoms. The van der Waals surface area contributed by atoms with E-state index in [1.807, 2.05) is 19.2 Å². The number of imide groups is 1. The van der Waals surface area contributed by atoms with Gasteiger partial charge in [0.2, 0.25) is 0 Å². The zero-order valence-electron chi connectivity index (χ0n) is 18.1. The highest BCUT2D eigenvalue weighted by Crippen LogP contribution is 2.17. The first-order valence-electron chi connectivity index (χ1n) is 9.58. The summed E-state index contributed by atoms with van der Waals surface area (Å²) in [6, 6.07) is 13.0. The van der Waals surface area contributed by atoms with Crippen LogP contribution in [-0.4, -0.2) is 36.9 Å². The third-order valence-electron chi connectivity index (χ3n) is 3.92. The Hall–Kier alpha value is -4.41. The van der Waals surface area contributed by atoms with Crippen LogP contribution >= 0.6 is 0 Å². The van der Waals surface area contributed by atoms with Crippen LogP contribution in [0.5, 0.6) is 0 Å². The summed E-state index contributed by atoms with van der Waals surface area (Å²) in [5, 5.41) is 10.3. The van der Waals surface area contributed by atoms with Crippen molar-refractivity contribution in [2.75, 3.05) is 14.1 Å². The molecule has 0 saturated carbocycles. The van der Waals surface area contributed by atoms with E-state index >= 15 is 0 Å². The molecule has 13 nitrogen and oxygen atoms in total. The number of carbonyl (C=O) groups is 3. The molecule has 34 heavy (non-hydrogen) atoms. The molecule has 180 valence electrons. The SMILES string of the molecule is C.CN.CNCc1ccc(N=[N+]=[N-])cc1.[N-]=[N+]=Nc1ccc(C(=O)ON2C(=O)CCC2=O)cc1. The zero-order chi connectivity index (χ0) is 24.6. The van der Waals surface area contributed by atoms with Gasteiger partial charge in [-0.1, -0.05) is 54.1 Å². The van der Waals surface area contributed by atoms with E-state index in [1.165, 1.54) is 36.9 Å². The Morgan fingerprint density at radius 1 is 0.971 bits per heavy atom. The van der Waals surface area contributed by atoms with Gasteiger partial charge in [-0.2, -0.15) is 0 Å². The number of rotatable bonds is 6. The zero-order valence-corrected chi connectivity index (χ0v) is 18.1. The third-order valence-corrected chi connectivity index (χ3v) is 3.92. The van der Waals surface area contributed by atoms with E-state index in [0.717, 1.165) is 6.54 Å². The van der Waals surface area contributed by atoms with Crippen molar-refractivity contribution in [1.82, 2.24) is 10.4 Å². The van der Waals surface area contributed by atoms with Gasteiger partial charge in [-0.15, -0.1) is 5.06 Å². The molecule has 2 amide bonds. The van der Waals surface area contributed by atoms with Crippen LogP contribution in [0, 0.1) is 0 Å². The quantitative estimate of drug-likeness (QED) is 0.271. The third kappa shape index (κ3) is 9.39. The van der Waals surface area contributed by atoms with Crippen LogP contribution in [0.15, 0.2) is 58.8 Å². The molecule has 0 atom stereocenters. The van der Waals surface area contributed by atoms with Gasteiger partial charge in [0.25, 0.3) is 11.8 Å². The van der Waals surface area contributed by atoms with E-state index in [4.69, 9.17) is 15.9 Å². The molecule has 3 N–H and O–H groups in total. The summed E-state index contributed by atoms with van der Waals surface area (Å²) in [7, 11) is 3.39. The Balaban J connectivity index is 0.000000630. The number of nitrogens with zero attached hydrogens (tertiary/aromatic N) is 7. The van der Waals surface area contributed by atoms with Crippen molar-refractivity contribution in [2.24, 2.45) is 16.0 Å². The van der Waals surface area contributed by atoms with E-state index in [9.17, 15) is 14.4 Å². The first kappa shape index (κ1) is 29.6. The van der Waals surface area contributed by atoms with E-state index in [1.54, 1.807) is 12.1 Å². The smallest absolute Gasteiger partial charge is 0.333 e. The summed E-state index contributed by atoms with van der Waals surface area (Å²) < 4.78 is 0. The van der Waals surface area contributed by atoms with Crippen molar-refractivity contribution >= 4 is 29.2 Å². The summed E-state index contributed by atoms with van der Waals surface area (Å²) in [5.74, 6) is -1.90. The second-order valence-corrected chi connectivity index (χ2v) is 6.08. The van der Waals surface area contributed by atoms with E-state index < -0.39 is 17.8 Å². The lowest BCUT2D eigenvalue weighted by molar-refractivity contribution is -0.172. The van der Waals surface area contributed by atoms with Gasteiger partial charge < -0.3 is 15.9 Å². The highest BCUT2D eigenvalue weighted by atomic mass is 16.7. The van der Waals surface area contributed by atoms with Crippen LogP contribution in [0.4, 0.5) is 11.4 Å². The molecule has 1 aliphatic heterocycles. The molecular formula is C21H27N9O4. The highest BCUT2D eigenvalue weighted by Gasteiger charge is 2.33. The number of hydrogen-bond donors (Lipinski definition) is 2. The number of carbonyl (C=O) groups excluding carboxylic acids is 3. The number of hydrogen-bond acceptors (Lipinski definition) is 8. The Morgan fingerprint density at radius 3 is 1.82 bits per heavy atom. The molecule has 0 spiro atoms. The van der Waals surface area contributed by atoms with E-state index in [2.05, 4.69) is 31.1 Å². The number of nitrogens with two attached hydrogens (primary N) is 1. The minimum atomic E-state index is -0.823. The average molecular weight is 470 g/mol. The molecule has 1 fully saturated rings. The Morgan fingerprint density at radius 2 is 1.41 bits per heavy atom. The standard InChI is InChI=1S/C11H8N4O4.C8H10N4.CH5N.CH4/c12-14-13-8-3-1-7(2-4-8)11(18)19-15-9(16)5-6-10(15)17;1-10-6-7-2-4-8(5-3-7)11-12-9;1-2;/h1-4H,5-6H2;2-5,10H,6H2,1H3;2H2,1H3;1H4. The maximum atomic E-state index is 11.7. The lowest BCUT2D eigenvalue weighted by Crippen LogP contribution is -2.32. The fourth-order valence-electron chi connectivity index (χ4n) is 2.45. The molecule has 0 radical (unpaired) electrons. The van der Waals surface area contributed by atoms with Gasteiger partial charge >= 0.3 is 5.97 Å². The second-order valence-electron chi connectivity index (χ2n) is 6.08. The van der Waals surface area contributed by atoms with Crippen molar-refractivity contribution in [2.45, 2.75) is 26.8 Å². The average Bonchev–Trinajstić information content (AvgIpc) is 3.15. The van der Waals surface area contributed by atoms with Gasteiger partial charge in [0.15, 0.2) is 0 Å². The number of nitrogens with one attached hydrogen (secondary N) is 1. The number of benzene rings is 2. The molecule has 2 aromatic carbocycles. The van der Waals surface area contributed by atoms with Crippen LogP contribution in [0.25, 0.3) is 20.9 Å². The number of azide groups is 2. The van der Waals surface area contributed by atoms with Crippen LogP contribution in [0.3, 0.4) is 0 Å². The molecule has 1 heterocycles. The van der Waals surface area contributed by atoms with Gasteiger partial charge in [-0.05, 0) is 42.9 Å². The molecule has 0 aromatic heterocycles. The topological polar surface area (TPSA) is 199 Å². The predicted octanol–water partition coefficient (Wildman–Crippen LogP) is 4.41. The lowest BCUT2D eigenvalue weighted by Gasteiger charge is -2.12. The summed E-state index contributed by atoms with van der Waals surface area (Å²) >= 11 is 0. The summed E-state index contributed by atoms with van der Waals surface area (Å²) in [4.78, 5) is 44.2. The van der Waals surface area contributed by atoms with Gasteiger partial charge in [-0.25, -0.2) is 4.79 Å². The van der Waals surface area contributed by atoms with Gasteiger partial charge in [-0.3, -0.25) is 9.59 Å². The minimum absolute atomic E-state index is 0.